The summed E-state index contributed by atoms with van der Waals surface area (Å²) in [6, 6.07) is 25.8. The van der Waals surface area contributed by atoms with Gasteiger partial charge in [-0.2, -0.15) is 0 Å². The van der Waals surface area contributed by atoms with Gasteiger partial charge in [0.05, 0.1) is 31.0 Å². The van der Waals surface area contributed by atoms with Crippen molar-refractivity contribution in [3.8, 4) is 5.69 Å². The molecule has 2 aliphatic rings. The van der Waals surface area contributed by atoms with Crippen LogP contribution in [0.15, 0.2) is 79.0 Å². The van der Waals surface area contributed by atoms with Crippen molar-refractivity contribution < 1.29 is 4.74 Å². The highest BCUT2D eigenvalue weighted by molar-refractivity contribution is 7.80. The molecule has 0 unspecified atom stereocenters. The van der Waals surface area contributed by atoms with Gasteiger partial charge in [0, 0.05) is 47.7 Å². The van der Waals surface area contributed by atoms with Gasteiger partial charge in [-0.25, -0.2) is 0 Å². The van der Waals surface area contributed by atoms with Crippen LogP contribution in [0.2, 0.25) is 0 Å². The molecular formula is C32H35N5OS. The van der Waals surface area contributed by atoms with Crippen molar-refractivity contribution in [2.75, 3.05) is 36.1 Å². The van der Waals surface area contributed by atoms with Gasteiger partial charge < -0.3 is 24.4 Å². The standard InChI is InChI=1S/C32H35N5OS/c1-4-24-9-5-6-11-29(24)36-22(2)21-27(23(36)3)31-30(28-10-7-8-16-33-28)34-32(39)37(31)26-14-12-25(13-15-26)35-17-19-38-20-18-35/h5-16,21,30-31H,4,17-20H2,1-3H3,(H,34,39)/t30-,31-/m0/s1. The monoisotopic (exact) mass is 537 g/mol. The van der Waals surface area contributed by atoms with Crippen LogP contribution in [0.4, 0.5) is 11.4 Å². The lowest BCUT2D eigenvalue weighted by atomic mass is 9.96. The van der Waals surface area contributed by atoms with E-state index in [2.05, 4.69) is 101 Å². The first-order valence-electron chi connectivity index (χ1n) is 13.8. The molecule has 1 N–H and O–H groups in total. The highest BCUT2D eigenvalue weighted by atomic mass is 32.1. The molecule has 0 saturated carbocycles. The average molecular weight is 538 g/mol. The fourth-order valence-corrected chi connectivity index (χ4v) is 6.43. The molecule has 0 bridgehead atoms. The van der Waals surface area contributed by atoms with Gasteiger partial charge in [-0.1, -0.05) is 31.2 Å². The molecular weight excluding hydrogens is 502 g/mol. The Hall–Kier alpha value is -3.68. The Morgan fingerprint density at radius 1 is 0.949 bits per heavy atom. The largest absolute Gasteiger partial charge is 0.378 e. The summed E-state index contributed by atoms with van der Waals surface area (Å²) >= 11 is 6.00. The van der Waals surface area contributed by atoms with E-state index in [9.17, 15) is 0 Å². The number of morpholine rings is 1. The van der Waals surface area contributed by atoms with Crippen LogP contribution in [0.5, 0.6) is 0 Å². The van der Waals surface area contributed by atoms with E-state index in [1.54, 1.807) is 0 Å². The topological polar surface area (TPSA) is 45.6 Å². The summed E-state index contributed by atoms with van der Waals surface area (Å²) in [6.07, 6.45) is 2.84. The molecule has 2 fully saturated rings. The fourth-order valence-electron chi connectivity index (χ4n) is 6.08. The molecule has 2 aromatic carbocycles. The Morgan fingerprint density at radius 2 is 1.67 bits per heavy atom. The number of ether oxygens (including phenoxy) is 1. The van der Waals surface area contributed by atoms with E-state index in [4.69, 9.17) is 21.9 Å². The third-order valence-electron chi connectivity index (χ3n) is 8.00. The minimum Gasteiger partial charge on any atom is -0.378 e. The smallest absolute Gasteiger partial charge is 0.174 e. The SMILES string of the molecule is CCc1ccccc1-n1c(C)cc([C@H]2[C@H](c3ccccn3)NC(=S)N2c2ccc(N3CCOCC3)cc2)c1C. The second-order valence-electron chi connectivity index (χ2n) is 10.3. The number of nitrogens with zero attached hydrogens (tertiary/aromatic N) is 4. The number of thiocarbonyl (C=S) groups is 1. The van der Waals surface area contributed by atoms with Gasteiger partial charge in [-0.05, 0) is 92.1 Å². The Balaban J connectivity index is 1.44. The second-order valence-corrected chi connectivity index (χ2v) is 10.6. The number of hydrogen-bond acceptors (Lipinski definition) is 4. The van der Waals surface area contributed by atoms with Crippen molar-refractivity contribution in [2.45, 2.75) is 39.3 Å². The summed E-state index contributed by atoms with van der Waals surface area (Å²) in [5, 5.41) is 4.34. The quantitative estimate of drug-likeness (QED) is 0.302. The minimum atomic E-state index is -0.0759. The number of aryl methyl sites for hydroxylation is 2. The first-order chi connectivity index (χ1) is 19.1. The Labute approximate surface area is 236 Å². The molecule has 0 spiro atoms. The zero-order chi connectivity index (χ0) is 26.9. The summed E-state index contributed by atoms with van der Waals surface area (Å²) < 4.78 is 7.94. The number of aromatic nitrogens is 2. The Kier molecular flexibility index (Phi) is 7.11. The molecule has 39 heavy (non-hydrogen) atoms. The van der Waals surface area contributed by atoms with Gasteiger partial charge in [0.25, 0.3) is 0 Å². The molecule has 7 heteroatoms. The van der Waals surface area contributed by atoms with Gasteiger partial charge in [0.15, 0.2) is 5.11 Å². The maximum atomic E-state index is 6.00. The fraction of sp³-hybridized carbons (Fsp3) is 0.312. The van der Waals surface area contributed by atoms with Crippen LogP contribution in [0.1, 0.15) is 47.2 Å². The van der Waals surface area contributed by atoms with Gasteiger partial charge in [0.2, 0.25) is 0 Å². The summed E-state index contributed by atoms with van der Waals surface area (Å²) in [5.41, 5.74) is 9.53. The summed E-state index contributed by atoms with van der Waals surface area (Å²) in [5.74, 6) is 0. The average Bonchev–Trinajstić information content (AvgIpc) is 3.48. The van der Waals surface area contributed by atoms with Crippen molar-refractivity contribution in [2.24, 2.45) is 0 Å². The molecule has 0 radical (unpaired) electrons. The van der Waals surface area contributed by atoms with E-state index in [0.717, 1.165) is 44.1 Å². The minimum absolute atomic E-state index is 0.0459. The van der Waals surface area contributed by atoms with E-state index >= 15 is 0 Å². The third kappa shape index (κ3) is 4.70. The summed E-state index contributed by atoms with van der Waals surface area (Å²) in [6.45, 7) is 10.0. The molecule has 0 aliphatic carbocycles. The van der Waals surface area contributed by atoms with E-state index in [-0.39, 0.29) is 12.1 Å². The van der Waals surface area contributed by atoms with E-state index in [0.29, 0.717) is 5.11 Å². The van der Waals surface area contributed by atoms with Gasteiger partial charge in [0.1, 0.15) is 0 Å². The molecule has 2 aromatic heterocycles. The molecule has 200 valence electrons. The highest BCUT2D eigenvalue weighted by Gasteiger charge is 2.42. The van der Waals surface area contributed by atoms with E-state index < -0.39 is 0 Å². The first kappa shape index (κ1) is 25.6. The lowest BCUT2D eigenvalue weighted by molar-refractivity contribution is 0.122. The normalized spacial score (nSPS) is 19.4. The van der Waals surface area contributed by atoms with Crippen LogP contribution in [-0.2, 0) is 11.2 Å². The van der Waals surface area contributed by atoms with Crippen LogP contribution in [0.25, 0.3) is 5.69 Å². The predicted molar refractivity (Wildman–Crippen MR) is 162 cm³/mol. The number of benzene rings is 2. The zero-order valence-electron chi connectivity index (χ0n) is 22.8. The second kappa shape index (κ2) is 10.8. The van der Waals surface area contributed by atoms with Crippen LogP contribution in [-0.4, -0.2) is 41.0 Å². The van der Waals surface area contributed by atoms with E-state index in [1.807, 2.05) is 18.3 Å². The van der Waals surface area contributed by atoms with Crippen molar-refractivity contribution >= 4 is 28.7 Å². The molecule has 6 rings (SSSR count). The van der Waals surface area contributed by atoms with Crippen LogP contribution in [0.3, 0.4) is 0 Å². The van der Waals surface area contributed by atoms with Gasteiger partial charge in [-0.3, -0.25) is 4.98 Å². The van der Waals surface area contributed by atoms with E-state index in [1.165, 1.54) is 33.9 Å². The molecule has 0 amide bonds. The van der Waals surface area contributed by atoms with Gasteiger partial charge in [-0.15, -0.1) is 0 Å². The van der Waals surface area contributed by atoms with Crippen molar-refractivity contribution in [1.29, 1.82) is 0 Å². The highest BCUT2D eigenvalue weighted by Crippen LogP contribution is 2.44. The van der Waals surface area contributed by atoms with Crippen LogP contribution >= 0.6 is 12.2 Å². The maximum absolute atomic E-state index is 6.00. The van der Waals surface area contributed by atoms with Gasteiger partial charge >= 0.3 is 0 Å². The number of para-hydroxylation sites is 1. The number of pyridine rings is 1. The molecule has 6 nitrogen and oxygen atoms in total. The Morgan fingerprint density at radius 3 is 2.38 bits per heavy atom. The van der Waals surface area contributed by atoms with Crippen molar-refractivity contribution in [3.63, 3.8) is 0 Å². The zero-order valence-corrected chi connectivity index (χ0v) is 23.6. The number of rotatable bonds is 6. The van der Waals surface area contributed by atoms with Crippen LogP contribution in [0, 0.1) is 13.8 Å². The molecule has 4 heterocycles. The molecule has 2 atom stereocenters. The lowest BCUT2D eigenvalue weighted by Gasteiger charge is -2.31. The molecule has 2 aliphatic heterocycles. The Bertz CT molecular complexity index is 1460. The van der Waals surface area contributed by atoms with Crippen LogP contribution < -0.4 is 15.1 Å². The predicted octanol–water partition coefficient (Wildman–Crippen LogP) is 6.07. The molecule has 4 aromatic rings. The number of hydrogen-bond donors (Lipinski definition) is 1. The molecule has 2 saturated heterocycles. The number of nitrogens with one attached hydrogen (secondary N) is 1. The summed E-state index contributed by atoms with van der Waals surface area (Å²) in [4.78, 5) is 9.39. The maximum Gasteiger partial charge on any atom is 0.174 e. The number of anilines is 2. The summed E-state index contributed by atoms with van der Waals surface area (Å²) in [7, 11) is 0. The van der Waals surface area contributed by atoms with Crippen molar-refractivity contribution in [1.82, 2.24) is 14.9 Å². The lowest BCUT2D eigenvalue weighted by Crippen LogP contribution is -2.36. The first-order valence-corrected chi connectivity index (χ1v) is 14.2. The van der Waals surface area contributed by atoms with Crippen molar-refractivity contribution in [3.05, 3.63) is 107 Å². The third-order valence-corrected chi connectivity index (χ3v) is 8.32.